The summed E-state index contributed by atoms with van der Waals surface area (Å²) >= 11 is 0. The van der Waals surface area contributed by atoms with Gasteiger partial charge in [-0.2, -0.15) is 0 Å². The molecule has 0 saturated carbocycles. The molecule has 3 aliphatic rings. The van der Waals surface area contributed by atoms with E-state index in [4.69, 9.17) is 6.42 Å². The zero-order valence-corrected chi connectivity index (χ0v) is 11.1. The normalized spacial score (nSPS) is 13.6. The summed E-state index contributed by atoms with van der Waals surface area (Å²) < 4.78 is 0. The first-order chi connectivity index (χ1) is 10.2. The SMILES string of the molecule is C#Cc1ccccc1C1=CC(=O)NC1=O.c1cc2ccc1-2. The quantitative estimate of drug-likeness (QED) is 0.546. The number of fused-ring (bicyclic) bond motifs is 1. The van der Waals surface area contributed by atoms with Crippen molar-refractivity contribution >= 4 is 17.4 Å². The van der Waals surface area contributed by atoms with Gasteiger partial charge in [-0.15, -0.1) is 6.42 Å². The lowest BCUT2D eigenvalue weighted by Crippen LogP contribution is -2.21. The zero-order chi connectivity index (χ0) is 14.8. The second-order valence-electron chi connectivity index (χ2n) is 4.64. The van der Waals surface area contributed by atoms with Gasteiger partial charge in [0.2, 0.25) is 0 Å². The standard InChI is InChI=1S/C12H7NO2.C6H4/c1-2-8-5-3-4-6-9(8)10-7-11(14)13-12(10)15;1-2-6-4-3-5(1)6/h1,3-7H,(H,13,14,15);1-4H. The van der Waals surface area contributed by atoms with Crippen molar-refractivity contribution in [3.8, 4) is 23.5 Å². The van der Waals surface area contributed by atoms with Crippen molar-refractivity contribution in [3.63, 3.8) is 0 Å². The summed E-state index contributed by atoms with van der Waals surface area (Å²) in [6, 6.07) is 15.5. The average Bonchev–Trinajstić information content (AvgIpc) is 2.82. The molecule has 0 aromatic heterocycles. The van der Waals surface area contributed by atoms with Crippen LogP contribution in [0.2, 0.25) is 0 Å². The van der Waals surface area contributed by atoms with Crippen LogP contribution in [0.3, 0.4) is 0 Å². The van der Waals surface area contributed by atoms with Gasteiger partial charge in [-0.25, -0.2) is 0 Å². The summed E-state index contributed by atoms with van der Waals surface area (Å²) in [6.07, 6.45) is 6.57. The van der Waals surface area contributed by atoms with E-state index in [1.165, 1.54) is 17.2 Å². The van der Waals surface area contributed by atoms with Crippen LogP contribution in [-0.4, -0.2) is 11.8 Å². The lowest BCUT2D eigenvalue weighted by Gasteiger charge is -2.10. The van der Waals surface area contributed by atoms with Crippen LogP contribution in [0.1, 0.15) is 11.1 Å². The molecule has 0 atom stereocenters. The van der Waals surface area contributed by atoms with Crippen LogP contribution in [0.4, 0.5) is 0 Å². The number of hydrogen-bond donors (Lipinski definition) is 1. The molecule has 4 rings (SSSR count). The maximum Gasteiger partial charge on any atom is 0.258 e. The van der Waals surface area contributed by atoms with E-state index >= 15 is 0 Å². The highest BCUT2D eigenvalue weighted by Crippen LogP contribution is 2.29. The Kier molecular flexibility index (Phi) is 3.13. The maximum atomic E-state index is 11.4. The number of hydrogen-bond acceptors (Lipinski definition) is 2. The fourth-order valence-corrected chi connectivity index (χ4v) is 2.12. The topological polar surface area (TPSA) is 46.2 Å². The Morgan fingerprint density at radius 1 is 0.905 bits per heavy atom. The van der Waals surface area contributed by atoms with Gasteiger partial charge in [0.25, 0.3) is 11.8 Å². The first-order valence-corrected chi connectivity index (χ1v) is 6.42. The smallest absolute Gasteiger partial charge is 0.258 e. The van der Waals surface area contributed by atoms with Crippen molar-refractivity contribution in [2.24, 2.45) is 0 Å². The Morgan fingerprint density at radius 2 is 1.52 bits per heavy atom. The number of benzene rings is 2. The minimum Gasteiger partial charge on any atom is -0.289 e. The third-order valence-corrected chi connectivity index (χ3v) is 3.35. The molecule has 0 saturated heterocycles. The Labute approximate surface area is 122 Å². The van der Waals surface area contributed by atoms with Crippen LogP contribution >= 0.6 is 0 Å². The molecular weight excluding hydrogens is 262 g/mol. The van der Waals surface area contributed by atoms with Crippen LogP contribution in [0.5, 0.6) is 0 Å². The van der Waals surface area contributed by atoms with Crippen LogP contribution in [0, 0.1) is 12.3 Å². The Morgan fingerprint density at radius 3 is 1.95 bits per heavy atom. The molecule has 0 unspecified atom stereocenters. The molecule has 1 aliphatic heterocycles. The second-order valence-corrected chi connectivity index (χ2v) is 4.64. The number of rotatable bonds is 1. The van der Waals surface area contributed by atoms with E-state index in [9.17, 15) is 9.59 Å². The van der Waals surface area contributed by atoms with E-state index in [0.29, 0.717) is 16.7 Å². The molecule has 1 aromatic rings. The summed E-state index contributed by atoms with van der Waals surface area (Å²) in [5, 5.41) is 2.18. The van der Waals surface area contributed by atoms with Gasteiger partial charge in [-0.1, -0.05) is 48.4 Å². The maximum absolute atomic E-state index is 11.4. The van der Waals surface area contributed by atoms with Gasteiger partial charge in [0, 0.05) is 17.2 Å². The van der Waals surface area contributed by atoms with E-state index in [1.54, 1.807) is 24.3 Å². The van der Waals surface area contributed by atoms with Crippen LogP contribution in [0.15, 0.2) is 54.6 Å². The molecular formula is C18H11NO2. The molecule has 2 aliphatic carbocycles. The molecule has 0 radical (unpaired) electrons. The minimum absolute atomic E-state index is 0.327. The summed E-state index contributed by atoms with van der Waals surface area (Å²) in [5.74, 6) is 1.67. The van der Waals surface area contributed by atoms with E-state index in [-0.39, 0.29) is 0 Å². The molecule has 3 heteroatoms. The number of amides is 2. The second kappa shape index (κ2) is 5.10. The summed E-state index contributed by atoms with van der Waals surface area (Å²) in [6.45, 7) is 0. The molecule has 0 spiro atoms. The van der Waals surface area contributed by atoms with Gasteiger partial charge in [0.05, 0.1) is 5.57 Å². The van der Waals surface area contributed by atoms with Gasteiger partial charge in [-0.3, -0.25) is 14.9 Å². The van der Waals surface area contributed by atoms with Crippen LogP contribution < -0.4 is 5.32 Å². The fraction of sp³-hybridized carbons (Fsp3) is 0. The van der Waals surface area contributed by atoms with Crippen molar-refractivity contribution in [1.82, 2.24) is 5.32 Å². The number of imide groups is 1. The van der Waals surface area contributed by atoms with Gasteiger partial charge < -0.3 is 0 Å². The highest BCUT2D eigenvalue weighted by molar-refractivity contribution is 6.33. The van der Waals surface area contributed by atoms with Crippen LogP contribution in [-0.2, 0) is 9.59 Å². The molecule has 100 valence electrons. The van der Waals surface area contributed by atoms with E-state index < -0.39 is 11.8 Å². The van der Waals surface area contributed by atoms with E-state index in [0.717, 1.165) is 0 Å². The van der Waals surface area contributed by atoms with Crippen molar-refractivity contribution in [2.75, 3.05) is 0 Å². The molecule has 0 fully saturated rings. The number of carbonyl (C=O) groups is 2. The Hall–Kier alpha value is -3.12. The fourth-order valence-electron chi connectivity index (χ4n) is 2.12. The van der Waals surface area contributed by atoms with E-state index in [2.05, 4.69) is 35.5 Å². The lowest BCUT2D eigenvalue weighted by molar-refractivity contribution is -0.123. The molecule has 1 heterocycles. The highest BCUT2D eigenvalue weighted by Gasteiger charge is 2.23. The monoisotopic (exact) mass is 273 g/mol. The first-order valence-electron chi connectivity index (χ1n) is 6.42. The van der Waals surface area contributed by atoms with Crippen molar-refractivity contribution < 1.29 is 9.59 Å². The third-order valence-electron chi connectivity index (χ3n) is 3.35. The van der Waals surface area contributed by atoms with Gasteiger partial charge in [0.15, 0.2) is 0 Å². The van der Waals surface area contributed by atoms with Crippen LogP contribution in [0.25, 0.3) is 16.7 Å². The van der Waals surface area contributed by atoms with Crippen molar-refractivity contribution in [3.05, 3.63) is 65.7 Å². The Balaban J connectivity index is 0.000000180. The predicted octanol–water partition coefficient (Wildman–Crippen LogP) is 2.37. The minimum atomic E-state index is -0.401. The lowest BCUT2D eigenvalue weighted by atomic mass is 9.95. The predicted molar refractivity (Wildman–Crippen MR) is 80.9 cm³/mol. The largest absolute Gasteiger partial charge is 0.289 e. The molecule has 21 heavy (non-hydrogen) atoms. The van der Waals surface area contributed by atoms with E-state index in [1.807, 2.05) is 0 Å². The molecule has 1 N–H and O–H groups in total. The highest BCUT2D eigenvalue weighted by atomic mass is 16.2. The number of nitrogens with one attached hydrogen (secondary N) is 1. The summed E-state index contributed by atoms with van der Waals surface area (Å²) in [7, 11) is 0. The number of carbonyl (C=O) groups excluding carboxylic acids is 2. The number of terminal acetylenes is 1. The Bertz CT molecular complexity index is 787. The molecule has 2 amide bonds. The first kappa shape index (κ1) is 12.9. The molecule has 1 aromatic carbocycles. The van der Waals surface area contributed by atoms with Gasteiger partial charge >= 0.3 is 0 Å². The van der Waals surface area contributed by atoms with Crippen molar-refractivity contribution in [1.29, 1.82) is 0 Å². The average molecular weight is 273 g/mol. The van der Waals surface area contributed by atoms with Gasteiger partial charge in [0.1, 0.15) is 0 Å². The van der Waals surface area contributed by atoms with Gasteiger partial charge in [-0.05, 0) is 17.2 Å². The molecule has 3 nitrogen and oxygen atoms in total. The zero-order valence-electron chi connectivity index (χ0n) is 11.1. The third kappa shape index (κ3) is 2.35. The van der Waals surface area contributed by atoms with Crippen molar-refractivity contribution in [2.45, 2.75) is 0 Å². The summed E-state index contributed by atoms with van der Waals surface area (Å²) in [4.78, 5) is 22.4. The molecule has 0 bridgehead atoms. The summed E-state index contributed by atoms with van der Waals surface area (Å²) in [5.41, 5.74) is 4.40.